The zero-order valence-corrected chi connectivity index (χ0v) is 20.1. The summed E-state index contributed by atoms with van der Waals surface area (Å²) in [6, 6.07) is 9.51. The molecule has 9 nitrogen and oxygen atoms in total. The van der Waals surface area contributed by atoms with Crippen LogP contribution in [0.25, 0.3) is 22.3 Å². The molecule has 1 fully saturated rings. The van der Waals surface area contributed by atoms with Crippen molar-refractivity contribution in [2.45, 2.75) is 64.6 Å². The quantitative estimate of drug-likeness (QED) is 0.501. The average molecular weight is 472 g/mol. The van der Waals surface area contributed by atoms with E-state index in [1.807, 2.05) is 32.0 Å². The summed E-state index contributed by atoms with van der Waals surface area (Å²) < 4.78 is 0. The van der Waals surface area contributed by atoms with Gasteiger partial charge in [0.2, 0.25) is 5.91 Å². The molecule has 0 aliphatic heterocycles. The van der Waals surface area contributed by atoms with Gasteiger partial charge in [0.25, 0.3) is 5.91 Å². The average Bonchev–Trinajstić information content (AvgIpc) is 2.84. The molecule has 0 bridgehead atoms. The van der Waals surface area contributed by atoms with Gasteiger partial charge in [-0.3, -0.25) is 14.6 Å². The van der Waals surface area contributed by atoms with Crippen LogP contribution in [-0.4, -0.2) is 44.9 Å². The van der Waals surface area contributed by atoms with Crippen LogP contribution in [0.3, 0.4) is 0 Å². The number of nitrogens with one attached hydrogen (secondary N) is 3. The first kappa shape index (κ1) is 24.1. The highest BCUT2D eigenvalue weighted by atomic mass is 16.2. The first-order valence-corrected chi connectivity index (χ1v) is 11.8. The van der Waals surface area contributed by atoms with Gasteiger partial charge in [-0.1, -0.05) is 0 Å². The summed E-state index contributed by atoms with van der Waals surface area (Å²) in [5.41, 5.74) is 4.06. The number of rotatable bonds is 6. The van der Waals surface area contributed by atoms with Gasteiger partial charge in [-0.25, -0.2) is 9.97 Å². The van der Waals surface area contributed by atoms with Gasteiger partial charge in [0.05, 0.1) is 22.5 Å². The first-order valence-electron chi connectivity index (χ1n) is 11.8. The number of hydrogen-bond donors (Lipinski definition) is 3. The second-order valence-corrected chi connectivity index (χ2v) is 9.17. The molecule has 1 saturated carbocycles. The molecule has 2 amide bonds. The fraction of sp³-hybridized carbons (Fsp3) is 0.385. The second-order valence-electron chi connectivity index (χ2n) is 9.17. The molecule has 0 spiro atoms. The molecule has 3 aromatic rings. The third kappa shape index (κ3) is 5.72. The van der Waals surface area contributed by atoms with Crippen LogP contribution in [-0.2, 0) is 4.79 Å². The van der Waals surface area contributed by atoms with Crippen molar-refractivity contribution >= 4 is 28.5 Å². The monoisotopic (exact) mass is 471 g/mol. The Labute approximate surface area is 204 Å². The third-order valence-electron chi connectivity index (χ3n) is 6.03. The van der Waals surface area contributed by atoms with Crippen LogP contribution in [0.2, 0.25) is 0 Å². The van der Waals surface area contributed by atoms with Crippen molar-refractivity contribution in [1.29, 1.82) is 5.26 Å². The predicted octanol–water partition coefficient (Wildman–Crippen LogP) is 3.56. The molecule has 0 aromatic carbocycles. The Morgan fingerprint density at radius 3 is 2.43 bits per heavy atom. The summed E-state index contributed by atoms with van der Waals surface area (Å²) in [5.74, 6) is -0.222. The Balaban J connectivity index is 1.63. The highest BCUT2D eigenvalue weighted by Crippen LogP contribution is 2.29. The molecule has 0 atom stereocenters. The summed E-state index contributed by atoms with van der Waals surface area (Å²) in [4.78, 5) is 38.0. The minimum absolute atomic E-state index is 0.0217. The summed E-state index contributed by atoms with van der Waals surface area (Å²) >= 11 is 0. The molecule has 1 aliphatic rings. The Kier molecular flexibility index (Phi) is 7.20. The van der Waals surface area contributed by atoms with E-state index in [9.17, 15) is 14.9 Å². The van der Waals surface area contributed by atoms with Gasteiger partial charge in [0, 0.05) is 43.0 Å². The molecule has 3 aromatic heterocycles. The van der Waals surface area contributed by atoms with Crippen LogP contribution in [0.15, 0.2) is 36.7 Å². The number of carbonyl (C=O) groups is 2. The molecule has 0 unspecified atom stereocenters. The van der Waals surface area contributed by atoms with E-state index in [2.05, 4.69) is 25.9 Å². The fourth-order valence-electron chi connectivity index (χ4n) is 4.42. The minimum atomic E-state index is -0.201. The van der Waals surface area contributed by atoms with Crippen LogP contribution in [0.5, 0.6) is 0 Å². The normalized spacial score (nSPS) is 17.6. The fourth-order valence-corrected chi connectivity index (χ4v) is 4.42. The molecule has 9 heteroatoms. The van der Waals surface area contributed by atoms with E-state index < -0.39 is 0 Å². The Bertz CT molecular complexity index is 1290. The maximum absolute atomic E-state index is 13.3. The number of nitriles is 1. The molecule has 4 rings (SSSR count). The smallest absolute Gasteiger partial charge is 0.255 e. The number of anilines is 1. The lowest BCUT2D eigenvalue weighted by Crippen LogP contribution is -2.43. The van der Waals surface area contributed by atoms with Crippen molar-refractivity contribution in [3.05, 3.63) is 47.9 Å². The summed E-state index contributed by atoms with van der Waals surface area (Å²) in [6.07, 6.45) is 6.44. The van der Waals surface area contributed by atoms with Gasteiger partial charge in [-0.2, -0.15) is 5.26 Å². The van der Waals surface area contributed by atoms with Crippen LogP contribution in [0.4, 0.5) is 5.69 Å². The van der Waals surface area contributed by atoms with Crippen molar-refractivity contribution in [2.75, 3.05) is 5.32 Å². The number of amides is 2. The minimum Gasteiger partial charge on any atom is -0.380 e. The van der Waals surface area contributed by atoms with Gasteiger partial charge in [0.1, 0.15) is 17.3 Å². The van der Waals surface area contributed by atoms with E-state index in [0.717, 1.165) is 31.2 Å². The molecule has 0 saturated heterocycles. The van der Waals surface area contributed by atoms with Crippen molar-refractivity contribution < 1.29 is 9.59 Å². The predicted molar refractivity (Wildman–Crippen MR) is 134 cm³/mol. The molecule has 1 aliphatic carbocycles. The lowest BCUT2D eigenvalue weighted by molar-refractivity contribution is -0.119. The van der Waals surface area contributed by atoms with Gasteiger partial charge in [0.15, 0.2) is 0 Å². The third-order valence-corrected chi connectivity index (χ3v) is 6.03. The molecule has 3 N–H and O–H groups in total. The first-order chi connectivity index (χ1) is 16.8. The zero-order valence-electron chi connectivity index (χ0n) is 20.1. The number of carbonyl (C=O) groups excluding carboxylic acids is 2. The maximum Gasteiger partial charge on any atom is 0.255 e. The van der Waals surface area contributed by atoms with E-state index in [4.69, 9.17) is 4.98 Å². The summed E-state index contributed by atoms with van der Waals surface area (Å²) in [7, 11) is 0. The highest BCUT2D eigenvalue weighted by molar-refractivity contribution is 6.06. The zero-order chi connectivity index (χ0) is 24.9. The number of nitrogens with zero attached hydrogens (tertiary/aromatic N) is 4. The Hall–Kier alpha value is -4.06. The number of aromatic nitrogens is 3. The molecular weight excluding hydrogens is 442 g/mol. The van der Waals surface area contributed by atoms with Crippen LogP contribution in [0, 0.1) is 11.3 Å². The van der Waals surface area contributed by atoms with E-state index in [0.29, 0.717) is 33.7 Å². The standard InChI is InChI=1S/C26H29N7O2/c1-15(2)30-24-21(26(35)32-19-6-4-18(5-7-19)31-16(3)34)14-29-23-9-8-22(33-25(23)24)17-10-11-28-20(12-17)13-27/h8-12,14-15,18-19H,4-7H2,1-3H3,(H,29,30)(H,31,34)(H,32,35)/t18-,19-. The SMILES string of the molecule is CC(=O)N[C@H]1CC[C@H](NC(=O)c2cnc3ccc(-c4ccnc(C#N)c4)nc3c2NC(C)C)CC1. The van der Waals surface area contributed by atoms with Crippen molar-refractivity contribution in [3.63, 3.8) is 0 Å². The van der Waals surface area contributed by atoms with Gasteiger partial charge < -0.3 is 16.0 Å². The second kappa shape index (κ2) is 10.5. The summed E-state index contributed by atoms with van der Waals surface area (Å²) in [5, 5.41) is 18.7. The number of pyridine rings is 3. The molecule has 3 heterocycles. The van der Waals surface area contributed by atoms with Gasteiger partial charge in [-0.15, -0.1) is 0 Å². The van der Waals surface area contributed by atoms with Gasteiger partial charge in [-0.05, 0) is 63.8 Å². The van der Waals surface area contributed by atoms with E-state index in [1.54, 1.807) is 24.5 Å². The molecule has 0 radical (unpaired) electrons. The number of fused-ring (bicyclic) bond motifs is 1. The van der Waals surface area contributed by atoms with Crippen LogP contribution >= 0.6 is 0 Å². The lowest BCUT2D eigenvalue weighted by Gasteiger charge is -2.29. The van der Waals surface area contributed by atoms with E-state index >= 15 is 0 Å². The van der Waals surface area contributed by atoms with Crippen LogP contribution in [0.1, 0.15) is 62.5 Å². The Morgan fingerprint density at radius 1 is 1.06 bits per heavy atom. The van der Waals surface area contributed by atoms with Crippen molar-refractivity contribution in [1.82, 2.24) is 25.6 Å². The van der Waals surface area contributed by atoms with Crippen molar-refractivity contribution in [2.24, 2.45) is 0 Å². The molecule has 35 heavy (non-hydrogen) atoms. The maximum atomic E-state index is 13.3. The highest BCUT2D eigenvalue weighted by Gasteiger charge is 2.25. The van der Waals surface area contributed by atoms with E-state index in [-0.39, 0.29) is 29.9 Å². The van der Waals surface area contributed by atoms with E-state index in [1.165, 1.54) is 6.92 Å². The van der Waals surface area contributed by atoms with Crippen molar-refractivity contribution in [3.8, 4) is 17.3 Å². The summed E-state index contributed by atoms with van der Waals surface area (Å²) in [6.45, 7) is 5.53. The number of hydrogen-bond acceptors (Lipinski definition) is 7. The Morgan fingerprint density at radius 2 is 1.77 bits per heavy atom. The largest absolute Gasteiger partial charge is 0.380 e. The molecule has 180 valence electrons. The topological polar surface area (TPSA) is 133 Å². The van der Waals surface area contributed by atoms with Gasteiger partial charge >= 0.3 is 0 Å². The lowest BCUT2D eigenvalue weighted by atomic mass is 9.91. The molecular formula is C26H29N7O2. The van der Waals surface area contributed by atoms with Crippen LogP contribution < -0.4 is 16.0 Å².